The lowest BCUT2D eigenvalue weighted by Gasteiger charge is -2.14. The number of hydrogen-bond acceptors (Lipinski definition) is 7. The van der Waals surface area contributed by atoms with Gasteiger partial charge in [-0.15, -0.1) is 0 Å². The Balaban J connectivity index is 1.78. The topological polar surface area (TPSA) is 97.0 Å². The Labute approximate surface area is 141 Å². The van der Waals surface area contributed by atoms with Gasteiger partial charge in [0.05, 0.1) is 0 Å². The van der Waals surface area contributed by atoms with E-state index in [9.17, 15) is 19.5 Å². The number of ether oxygens (including phenoxy) is 1. The number of aromatic hydroxyl groups is 1. The molecule has 3 rings (SSSR count). The molecule has 1 saturated heterocycles. The molecule has 0 unspecified atom stereocenters. The van der Waals surface area contributed by atoms with Crippen molar-refractivity contribution in [3.05, 3.63) is 39.7 Å². The van der Waals surface area contributed by atoms with Crippen molar-refractivity contribution in [1.29, 1.82) is 0 Å². The number of carbonyl (C=O) groups is 2. The number of fused-ring (bicyclic) bond motifs is 1. The van der Waals surface area contributed by atoms with Gasteiger partial charge in [-0.25, -0.2) is 4.79 Å². The third-order valence-corrected chi connectivity index (χ3v) is 4.66. The Bertz CT molecular complexity index is 875. The third-order valence-electron chi connectivity index (χ3n) is 3.77. The van der Waals surface area contributed by atoms with Gasteiger partial charge in [-0.2, -0.15) is 0 Å². The van der Waals surface area contributed by atoms with Crippen molar-refractivity contribution in [3.63, 3.8) is 0 Å². The van der Waals surface area contributed by atoms with E-state index >= 15 is 0 Å². The van der Waals surface area contributed by atoms with Gasteiger partial charge in [-0.05, 0) is 19.1 Å². The number of nitrogens with zero attached hydrogens (tertiary/aromatic N) is 1. The zero-order valence-corrected chi connectivity index (χ0v) is 13.7. The van der Waals surface area contributed by atoms with Crippen LogP contribution in [0, 0.1) is 6.92 Å². The van der Waals surface area contributed by atoms with Crippen molar-refractivity contribution >= 4 is 33.9 Å². The lowest BCUT2D eigenvalue weighted by Crippen LogP contribution is -2.30. The molecule has 0 saturated carbocycles. The molecule has 1 aromatic heterocycles. The molecule has 7 nitrogen and oxygen atoms in total. The van der Waals surface area contributed by atoms with Crippen LogP contribution >= 0.6 is 11.8 Å². The van der Waals surface area contributed by atoms with E-state index in [1.807, 2.05) is 0 Å². The van der Waals surface area contributed by atoms with Crippen LogP contribution in [0.15, 0.2) is 27.4 Å². The fourth-order valence-corrected chi connectivity index (χ4v) is 3.29. The first-order valence-electron chi connectivity index (χ1n) is 7.28. The quantitative estimate of drug-likeness (QED) is 0.666. The number of esters is 1. The van der Waals surface area contributed by atoms with E-state index in [2.05, 4.69) is 0 Å². The summed E-state index contributed by atoms with van der Waals surface area (Å²) < 4.78 is 10.3. The smallest absolute Gasteiger partial charge is 0.336 e. The van der Waals surface area contributed by atoms with Crippen LogP contribution < -0.4 is 5.63 Å². The second kappa shape index (κ2) is 6.56. The van der Waals surface area contributed by atoms with Gasteiger partial charge in [0.25, 0.3) is 5.24 Å². The number of rotatable bonds is 4. The van der Waals surface area contributed by atoms with Crippen LogP contribution in [-0.2, 0) is 16.1 Å². The second-order valence-electron chi connectivity index (χ2n) is 5.37. The van der Waals surface area contributed by atoms with Crippen molar-refractivity contribution in [2.24, 2.45) is 0 Å². The van der Waals surface area contributed by atoms with Crippen LogP contribution in [-0.4, -0.2) is 40.1 Å². The van der Waals surface area contributed by atoms with Gasteiger partial charge in [0.1, 0.15) is 24.5 Å². The third kappa shape index (κ3) is 3.23. The number of carbonyl (C=O) groups excluding carboxylic acids is 2. The zero-order valence-electron chi connectivity index (χ0n) is 12.9. The molecule has 1 fully saturated rings. The predicted molar refractivity (Wildman–Crippen MR) is 88.1 cm³/mol. The summed E-state index contributed by atoms with van der Waals surface area (Å²) in [4.78, 5) is 36.5. The van der Waals surface area contributed by atoms with Gasteiger partial charge in [-0.1, -0.05) is 11.8 Å². The summed E-state index contributed by atoms with van der Waals surface area (Å²) in [6.07, 6.45) is 0. The number of phenols is 1. The Hall–Kier alpha value is -2.48. The summed E-state index contributed by atoms with van der Waals surface area (Å²) in [5, 5.41) is 10.2. The van der Waals surface area contributed by atoms with E-state index in [4.69, 9.17) is 9.15 Å². The van der Waals surface area contributed by atoms with Crippen LogP contribution in [0.2, 0.25) is 0 Å². The van der Waals surface area contributed by atoms with Gasteiger partial charge in [0.15, 0.2) is 0 Å². The average molecular weight is 349 g/mol. The van der Waals surface area contributed by atoms with Crippen molar-refractivity contribution in [2.45, 2.75) is 13.5 Å². The molecule has 126 valence electrons. The summed E-state index contributed by atoms with van der Waals surface area (Å²) in [5.74, 6) is 0.145. The minimum atomic E-state index is -0.589. The summed E-state index contributed by atoms with van der Waals surface area (Å²) in [6, 6.07) is 4.34. The SMILES string of the molecule is Cc1c(O)ccc2c(COC(=O)CN3CCSC3=O)cc(=O)oc12. The number of amides is 1. The largest absolute Gasteiger partial charge is 0.508 e. The first-order chi connectivity index (χ1) is 11.5. The molecule has 8 heteroatoms. The summed E-state index contributed by atoms with van der Waals surface area (Å²) >= 11 is 1.17. The van der Waals surface area contributed by atoms with Crippen LogP contribution in [0.5, 0.6) is 5.75 Å². The molecule has 0 bridgehead atoms. The maximum Gasteiger partial charge on any atom is 0.336 e. The van der Waals surface area contributed by atoms with E-state index in [-0.39, 0.29) is 29.7 Å². The molecule has 24 heavy (non-hydrogen) atoms. The molecule has 0 aliphatic carbocycles. The lowest BCUT2D eigenvalue weighted by molar-refractivity contribution is -0.145. The Morgan fingerprint density at radius 2 is 2.21 bits per heavy atom. The van der Waals surface area contributed by atoms with Gasteiger partial charge < -0.3 is 19.2 Å². The number of benzene rings is 1. The standard InChI is InChI=1S/C16H15NO6S/c1-9-12(18)3-2-11-10(6-13(19)23-15(9)11)8-22-14(20)7-17-4-5-24-16(17)21/h2-3,6,18H,4-5,7-8H2,1H3. The van der Waals surface area contributed by atoms with E-state index in [0.29, 0.717) is 28.8 Å². The van der Waals surface area contributed by atoms with Gasteiger partial charge in [0, 0.05) is 34.9 Å². The highest BCUT2D eigenvalue weighted by Crippen LogP contribution is 2.27. The van der Waals surface area contributed by atoms with Gasteiger partial charge >= 0.3 is 11.6 Å². The number of phenolic OH excluding ortho intramolecular Hbond substituents is 1. The fraction of sp³-hybridized carbons (Fsp3) is 0.312. The maximum atomic E-state index is 11.9. The van der Waals surface area contributed by atoms with Crippen LogP contribution in [0.3, 0.4) is 0 Å². The fourth-order valence-electron chi connectivity index (χ4n) is 2.46. The number of aryl methyl sites for hydroxylation is 1. The van der Waals surface area contributed by atoms with E-state index in [1.54, 1.807) is 13.0 Å². The number of hydrogen-bond donors (Lipinski definition) is 1. The highest BCUT2D eigenvalue weighted by atomic mass is 32.2. The van der Waals surface area contributed by atoms with Gasteiger partial charge in [0.2, 0.25) is 0 Å². The summed E-state index contributed by atoms with van der Waals surface area (Å²) in [7, 11) is 0. The molecule has 0 spiro atoms. The Morgan fingerprint density at radius 3 is 2.92 bits per heavy atom. The highest BCUT2D eigenvalue weighted by molar-refractivity contribution is 8.13. The first kappa shape index (κ1) is 16.4. The predicted octanol–water partition coefficient (Wildman–Crippen LogP) is 2.02. The first-order valence-corrected chi connectivity index (χ1v) is 8.27. The molecular formula is C16H15NO6S. The normalized spacial score (nSPS) is 14.4. The van der Waals surface area contributed by atoms with E-state index in [0.717, 1.165) is 0 Å². The molecule has 1 aliphatic heterocycles. The molecule has 2 heterocycles. The van der Waals surface area contributed by atoms with Crippen LogP contribution in [0.4, 0.5) is 4.79 Å². The van der Waals surface area contributed by atoms with Crippen LogP contribution in [0.1, 0.15) is 11.1 Å². The molecule has 0 radical (unpaired) electrons. The van der Waals surface area contributed by atoms with E-state index < -0.39 is 11.6 Å². The van der Waals surface area contributed by atoms with Gasteiger partial charge in [-0.3, -0.25) is 9.59 Å². The lowest BCUT2D eigenvalue weighted by atomic mass is 10.1. The minimum Gasteiger partial charge on any atom is -0.508 e. The number of thioether (sulfide) groups is 1. The van der Waals surface area contributed by atoms with Crippen molar-refractivity contribution in [3.8, 4) is 5.75 Å². The highest BCUT2D eigenvalue weighted by Gasteiger charge is 2.24. The molecule has 1 aromatic carbocycles. The monoisotopic (exact) mass is 349 g/mol. The average Bonchev–Trinajstić information content (AvgIpc) is 2.94. The van der Waals surface area contributed by atoms with Crippen LogP contribution in [0.25, 0.3) is 11.0 Å². The van der Waals surface area contributed by atoms with Crippen molar-refractivity contribution in [2.75, 3.05) is 18.8 Å². The van der Waals surface area contributed by atoms with E-state index in [1.165, 1.54) is 28.8 Å². The maximum absolute atomic E-state index is 11.9. The molecule has 1 N–H and O–H groups in total. The molecule has 0 atom stereocenters. The zero-order chi connectivity index (χ0) is 17.3. The minimum absolute atomic E-state index is 0.0184. The molecule has 1 amide bonds. The Kier molecular flexibility index (Phi) is 4.48. The summed E-state index contributed by atoms with van der Waals surface area (Å²) in [6.45, 7) is 1.94. The summed E-state index contributed by atoms with van der Waals surface area (Å²) in [5.41, 5.74) is 0.602. The van der Waals surface area contributed by atoms with Crippen molar-refractivity contribution < 1.29 is 23.8 Å². The van der Waals surface area contributed by atoms with Crippen molar-refractivity contribution in [1.82, 2.24) is 4.90 Å². The Morgan fingerprint density at radius 1 is 1.42 bits per heavy atom. The molecule has 1 aliphatic rings. The molecular weight excluding hydrogens is 334 g/mol. The second-order valence-corrected chi connectivity index (χ2v) is 6.42. The molecule has 2 aromatic rings.